The van der Waals surface area contributed by atoms with E-state index in [2.05, 4.69) is 105 Å². The molecule has 0 spiro atoms. The zero-order chi connectivity index (χ0) is 20.5. The Balaban J connectivity index is 2.22. The van der Waals surface area contributed by atoms with Gasteiger partial charge in [0.2, 0.25) is 0 Å². The van der Waals surface area contributed by atoms with Crippen molar-refractivity contribution in [1.82, 2.24) is 0 Å². The van der Waals surface area contributed by atoms with Crippen LogP contribution in [0.2, 0.25) is 0 Å². The van der Waals surface area contributed by atoms with Crippen LogP contribution in [0, 0.1) is 0 Å². The normalized spacial score (nSPS) is 13.1. The van der Waals surface area contributed by atoms with Crippen molar-refractivity contribution >= 4 is 0 Å². The molecule has 0 nitrogen and oxygen atoms in total. The largest absolute Gasteiger partial charge is 0.0620 e. The van der Waals surface area contributed by atoms with Crippen LogP contribution in [0.15, 0.2) is 42.5 Å². The van der Waals surface area contributed by atoms with Crippen molar-refractivity contribution in [3.63, 3.8) is 0 Å². The Kier molecular flexibility index (Phi) is 6.30. The lowest BCUT2D eigenvalue weighted by Gasteiger charge is -2.26. The standard InChI is InChI=1S/C27H40/c1-25(2,3)22-17-20(18-23(19-22)26(4,5)6)13-12-15-21-14-10-11-16-24(21)27(7,8)9/h10-11,14,16-19H,12-13,15H2,1-9H3. The Morgan fingerprint density at radius 2 is 1.11 bits per heavy atom. The van der Waals surface area contributed by atoms with Crippen molar-refractivity contribution in [3.8, 4) is 0 Å². The predicted molar refractivity (Wildman–Crippen MR) is 121 cm³/mol. The van der Waals surface area contributed by atoms with Gasteiger partial charge in [0.25, 0.3) is 0 Å². The topological polar surface area (TPSA) is 0 Å². The Hall–Kier alpha value is -1.56. The van der Waals surface area contributed by atoms with E-state index in [0.717, 1.165) is 12.8 Å². The highest BCUT2D eigenvalue weighted by atomic mass is 14.3. The minimum absolute atomic E-state index is 0.189. The average molecular weight is 365 g/mol. The molecule has 0 aromatic heterocycles. The van der Waals surface area contributed by atoms with Crippen LogP contribution in [-0.2, 0) is 29.1 Å². The quantitative estimate of drug-likeness (QED) is 0.520. The molecule has 0 atom stereocenters. The molecule has 0 heterocycles. The molecule has 2 rings (SSSR count). The third kappa shape index (κ3) is 5.96. The minimum Gasteiger partial charge on any atom is -0.0620 e. The molecule has 0 fully saturated rings. The maximum atomic E-state index is 2.44. The van der Waals surface area contributed by atoms with Gasteiger partial charge in [0.05, 0.1) is 0 Å². The maximum Gasteiger partial charge on any atom is -0.0129 e. The third-order valence-electron chi connectivity index (χ3n) is 5.46. The molecule has 27 heavy (non-hydrogen) atoms. The van der Waals surface area contributed by atoms with Crippen LogP contribution < -0.4 is 0 Å². The van der Waals surface area contributed by atoms with Gasteiger partial charge in [0.15, 0.2) is 0 Å². The molecule has 0 aliphatic carbocycles. The molecule has 0 radical (unpaired) electrons. The van der Waals surface area contributed by atoms with Gasteiger partial charge in [-0.3, -0.25) is 0 Å². The first-order chi connectivity index (χ1) is 12.3. The fourth-order valence-corrected chi connectivity index (χ4v) is 3.66. The van der Waals surface area contributed by atoms with E-state index in [1.54, 1.807) is 0 Å². The minimum atomic E-state index is 0.189. The van der Waals surface area contributed by atoms with Gasteiger partial charge in [0, 0.05) is 0 Å². The summed E-state index contributed by atoms with van der Waals surface area (Å²) in [5, 5.41) is 0. The Morgan fingerprint density at radius 3 is 1.59 bits per heavy atom. The summed E-state index contributed by atoms with van der Waals surface area (Å²) in [4.78, 5) is 0. The molecule has 148 valence electrons. The van der Waals surface area contributed by atoms with Gasteiger partial charge >= 0.3 is 0 Å². The van der Waals surface area contributed by atoms with E-state index in [1.165, 1.54) is 34.2 Å². The number of aryl methyl sites for hydroxylation is 2. The van der Waals surface area contributed by atoms with Gasteiger partial charge in [-0.25, -0.2) is 0 Å². The summed E-state index contributed by atoms with van der Waals surface area (Å²) in [5.41, 5.74) is 7.99. The second-order valence-electron chi connectivity index (χ2n) is 11.2. The van der Waals surface area contributed by atoms with Crippen molar-refractivity contribution in [2.24, 2.45) is 0 Å². The summed E-state index contributed by atoms with van der Waals surface area (Å²) in [6, 6.07) is 16.3. The molecule has 0 unspecified atom stereocenters. The molecule has 2 aromatic rings. The lowest BCUT2D eigenvalue weighted by atomic mass is 9.79. The second kappa shape index (κ2) is 7.82. The summed E-state index contributed by atoms with van der Waals surface area (Å²) in [6.07, 6.45) is 3.49. The monoisotopic (exact) mass is 364 g/mol. The molecule has 0 saturated heterocycles. The fraction of sp³-hybridized carbons (Fsp3) is 0.556. The lowest BCUT2D eigenvalue weighted by Crippen LogP contribution is -2.17. The summed E-state index contributed by atoms with van der Waals surface area (Å²) in [5.74, 6) is 0. The SMILES string of the molecule is CC(C)(C)c1cc(CCCc2ccccc2C(C)(C)C)cc(C(C)(C)C)c1. The molecule has 0 N–H and O–H groups in total. The van der Waals surface area contributed by atoms with Gasteiger partial charge in [-0.15, -0.1) is 0 Å². The molecule has 0 heteroatoms. The van der Waals surface area contributed by atoms with Crippen LogP contribution >= 0.6 is 0 Å². The van der Waals surface area contributed by atoms with Crippen molar-refractivity contribution in [2.45, 2.75) is 97.8 Å². The Bertz CT molecular complexity index is 726. The van der Waals surface area contributed by atoms with Gasteiger partial charge in [-0.1, -0.05) is 105 Å². The smallest absolute Gasteiger partial charge is 0.0129 e. The average Bonchev–Trinajstić information content (AvgIpc) is 2.52. The van der Waals surface area contributed by atoms with Crippen LogP contribution in [-0.4, -0.2) is 0 Å². The third-order valence-corrected chi connectivity index (χ3v) is 5.46. The highest BCUT2D eigenvalue weighted by Gasteiger charge is 2.21. The van der Waals surface area contributed by atoms with Crippen molar-refractivity contribution in [1.29, 1.82) is 0 Å². The first-order valence-corrected chi connectivity index (χ1v) is 10.5. The maximum absolute atomic E-state index is 2.44. The lowest BCUT2D eigenvalue weighted by molar-refractivity contribution is 0.565. The van der Waals surface area contributed by atoms with E-state index >= 15 is 0 Å². The first-order valence-electron chi connectivity index (χ1n) is 10.5. The molecule has 0 amide bonds. The number of rotatable bonds is 4. The first kappa shape index (κ1) is 21.7. The highest BCUT2D eigenvalue weighted by molar-refractivity contribution is 5.38. The second-order valence-corrected chi connectivity index (χ2v) is 11.2. The molecule has 0 bridgehead atoms. The van der Waals surface area contributed by atoms with Crippen LogP contribution in [0.1, 0.15) is 96.6 Å². The van der Waals surface area contributed by atoms with Crippen LogP contribution in [0.5, 0.6) is 0 Å². The van der Waals surface area contributed by atoms with Crippen molar-refractivity contribution < 1.29 is 0 Å². The van der Waals surface area contributed by atoms with Crippen LogP contribution in [0.3, 0.4) is 0 Å². The number of hydrogen-bond donors (Lipinski definition) is 0. The van der Waals surface area contributed by atoms with Crippen LogP contribution in [0.4, 0.5) is 0 Å². The Labute approximate surface area is 168 Å². The summed E-state index contributed by atoms with van der Waals surface area (Å²) < 4.78 is 0. The van der Waals surface area contributed by atoms with E-state index in [9.17, 15) is 0 Å². The van der Waals surface area contributed by atoms with Gasteiger partial charge in [0.1, 0.15) is 0 Å². The molecule has 0 aliphatic rings. The zero-order valence-electron chi connectivity index (χ0n) is 19.2. The summed E-state index contributed by atoms with van der Waals surface area (Å²) >= 11 is 0. The summed E-state index contributed by atoms with van der Waals surface area (Å²) in [6.45, 7) is 20.8. The van der Waals surface area contributed by atoms with Gasteiger partial charge < -0.3 is 0 Å². The Morgan fingerprint density at radius 1 is 0.593 bits per heavy atom. The highest BCUT2D eigenvalue weighted by Crippen LogP contribution is 2.31. The number of benzene rings is 2. The molecule has 2 aromatic carbocycles. The fourth-order valence-electron chi connectivity index (χ4n) is 3.66. The molecule has 0 aliphatic heterocycles. The van der Waals surface area contributed by atoms with Gasteiger partial charge in [-0.2, -0.15) is 0 Å². The summed E-state index contributed by atoms with van der Waals surface area (Å²) in [7, 11) is 0. The molecule has 0 saturated carbocycles. The molecular weight excluding hydrogens is 324 g/mol. The van der Waals surface area contributed by atoms with E-state index < -0.39 is 0 Å². The van der Waals surface area contributed by atoms with E-state index in [0.29, 0.717) is 0 Å². The van der Waals surface area contributed by atoms with Crippen LogP contribution in [0.25, 0.3) is 0 Å². The predicted octanol–water partition coefficient (Wildman–Crippen LogP) is 7.75. The van der Waals surface area contributed by atoms with Gasteiger partial charge in [-0.05, 0) is 63.3 Å². The number of hydrogen-bond acceptors (Lipinski definition) is 0. The van der Waals surface area contributed by atoms with E-state index in [1.807, 2.05) is 0 Å². The zero-order valence-corrected chi connectivity index (χ0v) is 19.2. The van der Waals surface area contributed by atoms with Crippen molar-refractivity contribution in [3.05, 3.63) is 70.3 Å². The van der Waals surface area contributed by atoms with E-state index in [4.69, 9.17) is 0 Å². The molecular formula is C27H40. The van der Waals surface area contributed by atoms with E-state index in [-0.39, 0.29) is 16.2 Å². The van der Waals surface area contributed by atoms with Crippen molar-refractivity contribution in [2.75, 3.05) is 0 Å².